The van der Waals surface area contributed by atoms with E-state index in [1.54, 1.807) is 6.20 Å². The van der Waals surface area contributed by atoms with Gasteiger partial charge in [-0.2, -0.15) is 0 Å². The molecule has 0 spiro atoms. The third kappa shape index (κ3) is 5.20. The number of nitrogens with zero attached hydrogens (tertiary/aromatic N) is 2. The molecule has 0 saturated carbocycles. The van der Waals surface area contributed by atoms with Crippen molar-refractivity contribution >= 4 is 11.8 Å². The quantitative estimate of drug-likeness (QED) is 0.591. The molecule has 0 aliphatic carbocycles. The van der Waals surface area contributed by atoms with Crippen LogP contribution in [0.3, 0.4) is 0 Å². The molecule has 1 aromatic heterocycles. The Labute approximate surface area is 182 Å². The average Bonchev–Trinajstić information content (AvgIpc) is 3.37. The first-order valence-corrected chi connectivity index (χ1v) is 10.7. The number of hydrogen-bond donors (Lipinski definition) is 2. The molecular weight excluding hydrogens is 388 g/mol. The molecule has 1 saturated heterocycles. The number of aromatic nitrogens is 2. The summed E-state index contributed by atoms with van der Waals surface area (Å²) in [4.78, 5) is 28.7. The molecule has 4 rings (SSSR count). The maximum atomic E-state index is 12.4. The summed E-state index contributed by atoms with van der Waals surface area (Å²) >= 11 is 0. The number of imidazole rings is 1. The Morgan fingerprint density at radius 3 is 2.52 bits per heavy atom. The molecule has 6 heteroatoms. The van der Waals surface area contributed by atoms with Gasteiger partial charge in [0.15, 0.2) is 0 Å². The fourth-order valence-electron chi connectivity index (χ4n) is 4.20. The van der Waals surface area contributed by atoms with Crippen LogP contribution in [-0.4, -0.2) is 26.9 Å². The van der Waals surface area contributed by atoms with E-state index in [9.17, 15) is 9.59 Å². The van der Waals surface area contributed by atoms with Crippen LogP contribution in [0.25, 0.3) is 11.1 Å². The van der Waals surface area contributed by atoms with E-state index in [1.165, 1.54) is 11.1 Å². The molecule has 2 N–H and O–H groups in total. The van der Waals surface area contributed by atoms with Crippen LogP contribution in [0.4, 0.5) is 0 Å². The molecule has 2 amide bonds. The lowest BCUT2D eigenvalue weighted by atomic mass is 9.84. The molecular formula is C25H28N4O2. The van der Waals surface area contributed by atoms with E-state index in [1.807, 2.05) is 36.0 Å². The summed E-state index contributed by atoms with van der Waals surface area (Å²) in [6.07, 6.45) is 6.54. The van der Waals surface area contributed by atoms with Gasteiger partial charge in [0.1, 0.15) is 5.82 Å². The van der Waals surface area contributed by atoms with Crippen molar-refractivity contribution in [3.8, 4) is 11.1 Å². The Morgan fingerprint density at radius 2 is 1.87 bits per heavy atom. The van der Waals surface area contributed by atoms with Crippen LogP contribution in [0.2, 0.25) is 0 Å². The summed E-state index contributed by atoms with van der Waals surface area (Å²) in [5.74, 6) is 0.855. The molecule has 6 nitrogen and oxygen atoms in total. The number of aryl methyl sites for hydroxylation is 1. The van der Waals surface area contributed by atoms with Gasteiger partial charge in [0.25, 0.3) is 0 Å². The molecule has 2 aromatic carbocycles. The number of carbonyl (C=O) groups excluding carboxylic acids is 2. The summed E-state index contributed by atoms with van der Waals surface area (Å²) in [6.45, 7) is 0.405. The highest BCUT2D eigenvalue weighted by atomic mass is 16.2. The zero-order chi connectivity index (χ0) is 21.7. The largest absolute Gasteiger partial charge is 0.350 e. The molecule has 1 fully saturated rings. The van der Waals surface area contributed by atoms with Crippen molar-refractivity contribution in [2.24, 2.45) is 7.05 Å². The van der Waals surface area contributed by atoms with Gasteiger partial charge in [-0.05, 0) is 36.0 Å². The highest BCUT2D eigenvalue weighted by Crippen LogP contribution is 2.30. The molecule has 160 valence electrons. The standard InChI is InChI=1S/C25H28N4O2/c1-29-16-15-26-22(29)18-27-23(30)11-13-25(14-12-24(31)28-25)17-19-7-9-21(10-8-19)20-5-3-2-4-6-20/h2-10,15-16H,11-14,17-18H2,1H3,(H,27,30)(H,28,31). The lowest BCUT2D eigenvalue weighted by molar-refractivity contribution is -0.123. The minimum atomic E-state index is -0.369. The molecule has 1 unspecified atom stereocenters. The number of carbonyl (C=O) groups is 2. The van der Waals surface area contributed by atoms with Gasteiger partial charge in [0.05, 0.1) is 6.54 Å². The van der Waals surface area contributed by atoms with Gasteiger partial charge in [-0.25, -0.2) is 4.98 Å². The zero-order valence-electron chi connectivity index (χ0n) is 17.8. The first-order valence-electron chi connectivity index (χ1n) is 10.7. The molecule has 1 aliphatic heterocycles. The normalized spacial score (nSPS) is 18.0. The van der Waals surface area contributed by atoms with Crippen LogP contribution in [0.1, 0.15) is 37.1 Å². The second-order valence-corrected chi connectivity index (χ2v) is 8.30. The zero-order valence-corrected chi connectivity index (χ0v) is 17.8. The van der Waals surface area contributed by atoms with Crippen molar-refractivity contribution in [1.29, 1.82) is 0 Å². The van der Waals surface area contributed by atoms with Crippen LogP contribution in [0.5, 0.6) is 0 Å². The van der Waals surface area contributed by atoms with Crippen molar-refractivity contribution in [3.05, 3.63) is 78.4 Å². The SMILES string of the molecule is Cn1ccnc1CNC(=O)CCC1(Cc2ccc(-c3ccccc3)cc2)CCC(=O)N1. The smallest absolute Gasteiger partial charge is 0.220 e. The fraction of sp³-hybridized carbons (Fsp3) is 0.320. The number of amides is 2. The predicted molar refractivity (Wildman–Crippen MR) is 120 cm³/mol. The number of nitrogens with one attached hydrogen (secondary N) is 2. The predicted octanol–water partition coefficient (Wildman–Crippen LogP) is 3.38. The van der Waals surface area contributed by atoms with E-state index in [4.69, 9.17) is 0 Å². The van der Waals surface area contributed by atoms with Crippen molar-refractivity contribution in [2.45, 2.75) is 44.2 Å². The Bertz CT molecular complexity index is 1040. The van der Waals surface area contributed by atoms with E-state index < -0.39 is 0 Å². The van der Waals surface area contributed by atoms with Gasteiger partial charge >= 0.3 is 0 Å². The molecule has 1 aliphatic rings. The summed E-state index contributed by atoms with van der Waals surface area (Å²) in [6, 6.07) is 18.7. The maximum Gasteiger partial charge on any atom is 0.220 e. The monoisotopic (exact) mass is 416 g/mol. The molecule has 0 bridgehead atoms. The minimum Gasteiger partial charge on any atom is -0.350 e. The van der Waals surface area contributed by atoms with Gasteiger partial charge in [-0.3, -0.25) is 9.59 Å². The van der Waals surface area contributed by atoms with Crippen LogP contribution < -0.4 is 10.6 Å². The number of rotatable bonds is 8. The number of hydrogen-bond acceptors (Lipinski definition) is 3. The lowest BCUT2D eigenvalue weighted by Crippen LogP contribution is -2.44. The highest BCUT2D eigenvalue weighted by molar-refractivity contribution is 5.80. The minimum absolute atomic E-state index is 0.0250. The summed E-state index contributed by atoms with van der Waals surface area (Å²) in [5, 5.41) is 6.09. The van der Waals surface area contributed by atoms with Gasteiger partial charge in [-0.1, -0.05) is 54.6 Å². The second kappa shape index (κ2) is 9.16. The first kappa shape index (κ1) is 20.8. The average molecular weight is 417 g/mol. The third-order valence-corrected chi connectivity index (χ3v) is 6.03. The maximum absolute atomic E-state index is 12.4. The topological polar surface area (TPSA) is 76.0 Å². The van der Waals surface area contributed by atoms with Gasteiger partial charge < -0.3 is 15.2 Å². The van der Waals surface area contributed by atoms with Crippen molar-refractivity contribution in [2.75, 3.05) is 0 Å². The Hall–Kier alpha value is -3.41. The van der Waals surface area contributed by atoms with E-state index in [0.717, 1.165) is 24.2 Å². The van der Waals surface area contributed by atoms with Crippen molar-refractivity contribution in [3.63, 3.8) is 0 Å². The fourth-order valence-corrected chi connectivity index (χ4v) is 4.20. The molecule has 2 heterocycles. The van der Waals surface area contributed by atoms with E-state index >= 15 is 0 Å². The van der Waals surface area contributed by atoms with Crippen molar-refractivity contribution < 1.29 is 9.59 Å². The Balaban J connectivity index is 1.38. The molecule has 3 aromatic rings. The third-order valence-electron chi connectivity index (χ3n) is 6.03. The van der Waals surface area contributed by atoms with E-state index in [-0.39, 0.29) is 17.4 Å². The Kier molecular flexibility index (Phi) is 6.16. The summed E-state index contributed by atoms with van der Waals surface area (Å²) in [5.41, 5.74) is 3.14. The highest BCUT2D eigenvalue weighted by Gasteiger charge is 2.37. The van der Waals surface area contributed by atoms with Gasteiger partial charge in [0, 0.05) is 37.8 Å². The number of benzene rings is 2. The lowest BCUT2D eigenvalue weighted by Gasteiger charge is -2.29. The molecule has 31 heavy (non-hydrogen) atoms. The van der Waals surface area contributed by atoms with Crippen LogP contribution in [0.15, 0.2) is 67.0 Å². The van der Waals surface area contributed by atoms with Crippen molar-refractivity contribution in [1.82, 2.24) is 20.2 Å². The van der Waals surface area contributed by atoms with Gasteiger partial charge in [0.2, 0.25) is 11.8 Å². The first-order chi connectivity index (χ1) is 15.0. The molecule has 0 radical (unpaired) electrons. The Morgan fingerprint density at radius 1 is 1.13 bits per heavy atom. The summed E-state index contributed by atoms with van der Waals surface area (Å²) in [7, 11) is 1.90. The second-order valence-electron chi connectivity index (χ2n) is 8.30. The summed E-state index contributed by atoms with van der Waals surface area (Å²) < 4.78 is 1.89. The van der Waals surface area contributed by atoms with Gasteiger partial charge in [-0.15, -0.1) is 0 Å². The molecule has 1 atom stereocenters. The van der Waals surface area contributed by atoms with E-state index in [2.05, 4.69) is 52.0 Å². The van der Waals surface area contributed by atoms with E-state index in [0.29, 0.717) is 25.8 Å². The van der Waals surface area contributed by atoms with Crippen LogP contribution >= 0.6 is 0 Å². The van der Waals surface area contributed by atoms with Crippen LogP contribution in [-0.2, 0) is 29.6 Å². The van der Waals surface area contributed by atoms with Crippen LogP contribution in [0, 0.1) is 0 Å².